The lowest BCUT2D eigenvalue weighted by atomic mass is 9.76. The van der Waals surface area contributed by atoms with Crippen molar-refractivity contribution >= 4 is 10.0 Å². The zero-order chi connectivity index (χ0) is 15.5. The first-order valence-electron chi connectivity index (χ1n) is 7.60. The van der Waals surface area contributed by atoms with Crippen LogP contribution in [0.2, 0.25) is 0 Å². The second-order valence-corrected chi connectivity index (χ2v) is 8.21. The SMILES string of the molecule is CC(O)c1cccc(S(=O)(=O)NCC2(C)CCCCC2)c1. The third-order valence-corrected chi connectivity index (χ3v) is 5.80. The molecule has 0 amide bonds. The third-order valence-electron chi connectivity index (χ3n) is 4.40. The average Bonchev–Trinajstić information content (AvgIpc) is 2.46. The van der Waals surface area contributed by atoms with E-state index in [1.807, 2.05) is 0 Å². The molecular formula is C16H25NO3S. The Balaban J connectivity index is 2.09. The smallest absolute Gasteiger partial charge is 0.240 e. The highest BCUT2D eigenvalue weighted by atomic mass is 32.2. The molecule has 5 heteroatoms. The molecule has 1 saturated carbocycles. The van der Waals surface area contributed by atoms with Gasteiger partial charge in [-0.1, -0.05) is 38.3 Å². The van der Waals surface area contributed by atoms with Crippen molar-refractivity contribution in [1.82, 2.24) is 4.72 Å². The van der Waals surface area contributed by atoms with E-state index >= 15 is 0 Å². The largest absolute Gasteiger partial charge is 0.389 e. The average molecular weight is 311 g/mol. The van der Waals surface area contributed by atoms with Crippen molar-refractivity contribution in [2.45, 2.75) is 57.0 Å². The van der Waals surface area contributed by atoms with Gasteiger partial charge in [-0.3, -0.25) is 0 Å². The van der Waals surface area contributed by atoms with Gasteiger partial charge in [-0.2, -0.15) is 0 Å². The van der Waals surface area contributed by atoms with Gasteiger partial charge in [0.25, 0.3) is 0 Å². The Morgan fingerprint density at radius 1 is 1.29 bits per heavy atom. The molecule has 1 atom stereocenters. The van der Waals surface area contributed by atoms with E-state index in [-0.39, 0.29) is 10.3 Å². The first-order chi connectivity index (χ1) is 9.82. The molecule has 0 radical (unpaired) electrons. The topological polar surface area (TPSA) is 66.4 Å². The van der Waals surface area contributed by atoms with Crippen LogP contribution in [0.4, 0.5) is 0 Å². The van der Waals surface area contributed by atoms with E-state index in [1.54, 1.807) is 25.1 Å². The standard InChI is InChI=1S/C16H25NO3S/c1-13(18)14-7-6-8-15(11-14)21(19,20)17-12-16(2)9-4-3-5-10-16/h6-8,11,13,17-18H,3-5,9-10,12H2,1-2H3. The zero-order valence-corrected chi connectivity index (χ0v) is 13.6. The second-order valence-electron chi connectivity index (χ2n) is 6.44. The van der Waals surface area contributed by atoms with Crippen LogP contribution in [0.5, 0.6) is 0 Å². The molecule has 1 aromatic rings. The number of aliphatic hydroxyl groups excluding tert-OH is 1. The van der Waals surface area contributed by atoms with Crippen molar-refractivity contribution < 1.29 is 13.5 Å². The molecule has 0 heterocycles. The van der Waals surface area contributed by atoms with E-state index in [0.29, 0.717) is 12.1 Å². The molecule has 1 aromatic carbocycles. The van der Waals surface area contributed by atoms with E-state index in [9.17, 15) is 13.5 Å². The molecule has 21 heavy (non-hydrogen) atoms. The van der Waals surface area contributed by atoms with Crippen LogP contribution >= 0.6 is 0 Å². The highest BCUT2D eigenvalue weighted by molar-refractivity contribution is 7.89. The molecule has 1 aliphatic carbocycles. The predicted molar refractivity (Wildman–Crippen MR) is 83.5 cm³/mol. The first-order valence-corrected chi connectivity index (χ1v) is 9.08. The lowest BCUT2D eigenvalue weighted by Gasteiger charge is -2.33. The Morgan fingerprint density at radius 3 is 2.57 bits per heavy atom. The summed E-state index contributed by atoms with van der Waals surface area (Å²) in [6, 6.07) is 6.50. The Labute approximate surface area is 127 Å². The summed E-state index contributed by atoms with van der Waals surface area (Å²) >= 11 is 0. The Bertz CT molecular complexity index is 575. The highest BCUT2D eigenvalue weighted by Gasteiger charge is 2.28. The minimum Gasteiger partial charge on any atom is -0.389 e. The predicted octanol–water partition coefficient (Wildman–Crippen LogP) is 2.99. The van der Waals surface area contributed by atoms with Crippen LogP contribution in [0.3, 0.4) is 0 Å². The van der Waals surface area contributed by atoms with E-state index in [4.69, 9.17) is 0 Å². The summed E-state index contributed by atoms with van der Waals surface area (Å²) in [5.74, 6) is 0. The third kappa shape index (κ3) is 4.28. The van der Waals surface area contributed by atoms with Crippen molar-refractivity contribution in [3.05, 3.63) is 29.8 Å². The van der Waals surface area contributed by atoms with Crippen molar-refractivity contribution in [3.63, 3.8) is 0 Å². The summed E-state index contributed by atoms with van der Waals surface area (Å²) < 4.78 is 27.5. The van der Waals surface area contributed by atoms with Crippen LogP contribution < -0.4 is 4.72 Å². The molecule has 118 valence electrons. The van der Waals surface area contributed by atoms with Crippen molar-refractivity contribution in [3.8, 4) is 0 Å². The maximum Gasteiger partial charge on any atom is 0.240 e. The van der Waals surface area contributed by atoms with Gasteiger partial charge in [0.15, 0.2) is 0 Å². The molecule has 1 fully saturated rings. The molecule has 0 spiro atoms. The first kappa shape index (κ1) is 16.5. The van der Waals surface area contributed by atoms with Crippen LogP contribution in [-0.2, 0) is 10.0 Å². The Morgan fingerprint density at radius 2 is 1.95 bits per heavy atom. The van der Waals surface area contributed by atoms with Crippen molar-refractivity contribution in [2.24, 2.45) is 5.41 Å². The molecule has 4 nitrogen and oxygen atoms in total. The molecular weight excluding hydrogens is 286 g/mol. The minimum absolute atomic E-state index is 0.0627. The number of hydrogen-bond acceptors (Lipinski definition) is 3. The molecule has 2 N–H and O–H groups in total. The van der Waals surface area contributed by atoms with Gasteiger partial charge in [0.05, 0.1) is 11.0 Å². The normalized spacial score (nSPS) is 20.1. The summed E-state index contributed by atoms with van der Waals surface area (Å²) in [6.45, 7) is 4.26. The van der Waals surface area contributed by atoms with Gasteiger partial charge >= 0.3 is 0 Å². The summed E-state index contributed by atoms with van der Waals surface area (Å²) in [5, 5.41) is 9.57. The summed E-state index contributed by atoms with van der Waals surface area (Å²) in [4.78, 5) is 0.223. The van der Waals surface area contributed by atoms with Crippen LogP contribution in [0.25, 0.3) is 0 Å². The van der Waals surface area contributed by atoms with Gasteiger partial charge in [-0.15, -0.1) is 0 Å². The van der Waals surface area contributed by atoms with Crippen molar-refractivity contribution in [1.29, 1.82) is 0 Å². The fraction of sp³-hybridized carbons (Fsp3) is 0.625. The number of aliphatic hydroxyl groups is 1. The fourth-order valence-corrected chi connectivity index (χ4v) is 4.13. The van der Waals surface area contributed by atoms with Gasteiger partial charge in [0.2, 0.25) is 10.0 Å². The molecule has 1 aliphatic rings. The lowest BCUT2D eigenvalue weighted by Crippen LogP contribution is -2.37. The number of nitrogens with one attached hydrogen (secondary N) is 1. The maximum absolute atomic E-state index is 12.4. The monoisotopic (exact) mass is 311 g/mol. The second kappa shape index (κ2) is 6.46. The Kier molecular flexibility index (Phi) is 5.07. The van der Waals surface area contributed by atoms with Crippen molar-refractivity contribution in [2.75, 3.05) is 6.54 Å². The van der Waals surface area contributed by atoms with Crippen LogP contribution in [-0.4, -0.2) is 20.1 Å². The summed E-state index contributed by atoms with van der Waals surface area (Å²) in [7, 11) is -3.51. The quantitative estimate of drug-likeness (QED) is 0.878. The van der Waals surface area contributed by atoms with Gasteiger partial charge in [-0.05, 0) is 42.9 Å². The lowest BCUT2D eigenvalue weighted by molar-refractivity contribution is 0.199. The zero-order valence-electron chi connectivity index (χ0n) is 12.8. The van der Waals surface area contributed by atoms with Crippen LogP contribution in [0.15, 0.2) is 29.2 Å². The molecule has 0 aliphatic heterocycles. The van der Waals surface area contributed by atoms with Gasteiger partial charge in [0.1, 0.15) is 0 Å². The van der Waals surface area contributed by atoms with E-state index in [1.165, 1.54) is 25.3 Å². The minimum atomic E-state index is -3.51. The highest BCUT2D eigenvalue weighted by Crippen LogP contribution is 2.35. The number of benzene rings is 1. The number of hydrogen-bond donors (Lipinski definition) is 2. The fourth-order valence-electron chi connectivity index (χ4n) is 2.88. The molecule has 0 aromatic heterocycles. The molecule has 1 unspecified atom stereocenters. The van der Waals surface area contributed by atoms with Crippen LogP contribution in [0.1, 0.15) is 57.6 Å². The van der Waals surface area contributed by atoms with Gasteiger partial charge < -0.3 is 5.11 Å². The molecule has 2 rings (SSSR count). The van der Waals surface area contributed by atoms with Crippen LogP contribution in [0, 0.1) is 5.41 Å². The number of sulfonamides is 1. The Hall–Kier alpha value is -0.910. The summed E-state index contributed by atoms with van der Waals surface area (Å²) in [5.41, 5.74) is 0.675. The van der Waals surface area contributed by atoms with E-state index in [2.05, 4.69) is 11.6 Å². The molecule has 0 bridgehead atoms. The number of rotatable bonds is 5. The van der Waals surface area contributed by atoms with Gasteiger partial charge in [-0.25, -0.2) is 13.1 Å². The van der Waals surface area contributed by atoms with E-state index < -0.39 is 16.1 Å². The molecule has 0 saturated heterocycles. The van der Waals surface area contributed by atoms with Gasteiger partial charge in [0, 0.05) is 6.54 Å². The summed E-state index contributed by atoms with van der Waals surface area (Å²) in [6.07, 6.45) is 5.08. The van der Waals surface area contributed by atoms with E-state index in [0.717, 1.165) is 12.8 Å². The maximum atomic E-state index is 12.4.